The van der Waals surface area contributed by atoms with Crippen molar-refractivity contribution in [1.29, 1.82) is 0 Å². The van der Waals surface area contributed by atoms with Gasteiger partial charge in [0.25, 0.3) is 5.91 Å². The third kappa shape index (κ3) is 6.30. The molecular weight excluding hydrogens is 404 g/mol. The van der Waals surface area contributed by atoms with Gasteiger partial charge in [0.2, 0.25) is 0 Å². The molecule has 0 saturated heterocycles. The fraction of sp³-hybridized carbons (Fsp3) is 0.176. The highest BCUT2D eigenvalue weighted by Gasteiger charge is 2.13. The normalized spacial score (nSPS) is 11.7. The monoisotopic (exact) mass is 417 g/mol. The van der Waals surface area contributed by atoms with E-state index in [1.165, 1.54) is 48.7 Å². The molecule has 1 amide bonds. The molecule has 0 fully saturated rings. The van der Waals surface area contributed by atoms with Gasteiger partial charge in [0.15, 0.2) is 6.61 Å². The Hall–Kier alpha value is -2.52. The standard InChI is InChI=1S/C17H14ClF2NO5S/c1-27(24)12-5-2-10(3-6-12)16(23)25-9-15(22)21-11-4-7-14(13(18)8-11)26-17(19)20/h2-8,17H,9H2,1H3,(H,21,22). The van der Waals surface area contributed by atoms with Crippen LogP contribution in [0.3, 0.4) is 0 Å². The molecule has 1 atom stereocenters. The average Bonchev–Trinajstić information content (AvgIpc) is 2.61. The molecule has 144 valence electrons. The second-order valence-electron chi connectivity index (χ2n) is 5.13. The number of alkyl halides is 2. The predicted molar refractivity (Wildman–Crippen MR) is 95.8 cm³/mol. The van der Waals surface area contributed by atoms with Gasteiger partial charge in [-0.1, -0.05) is 11.6 Å². The Morgan fingerprint density at radius 3 is 2.41 bits per heavy atom. The lowest BCUT2D eigenvalue weighted by atomic mass is 10.2. The first-order valence-corrected chi connectivity index (χ1v) is 9.34. The Bertz CT molecular complexity index is 861. The fourth-order valence-corrected chi connectivity index (χ4v) is 2.71. The predicted octanol–water partition coefficient (Wildman–Crippen LogP) is 3.47. The summed E-state index contributed by atoms with van der Waals surface area (Å²) in [5.74, 6) is -1.60. The molecule has 0 spiro atoms. The lowest BCUT2D eigenvalue weighted by Gasteiger charge is -2.10. The maximum absolute atomic E-state index is 12.2. The van der Waals surface area contributed by atoms with Crippen LogP contribution in [0.25, 0.3) is 0 Å². The van der Waals surface area contributed by atoms with Crippen LogP contribution in [0.2, 0.25) is 5.02 Å². The van der Waals surface area contributed by atoms with E-state index in [1.54, 1.807) is 0 Å². The van der Waals surface area contributed by atoms with Gasteiger partial charge in [-0.25, -0.2) is 4.79 Å². The van der Waals surface area contributed by atoms with E-state index in [1.807, 2.05) is 0 Å². The van der Waals surface area contributed by atoms with Gasteiger partial charge in [-0.2, -0.15) is 8.78 Å². The van der Waals surface area contributed by atoms with Crippen molar-refractivity contribution in [2.75, 3.05) is 18.2 Å². The number of benzene rings is 2. The van der Waals surface area contributed by atoms with Gasteiger partial charge in [0.1, 0.15) is 5.75 Å². The largest absolute Gasteiger partial charge is 0.452 e. The summed E-state index contributed by atoms with van der Waals surface area (Å²) >= 11 is 5.78. The van der Waals surface area contributed by atoms with E-state index in [2.05, 4.69) is 10.1 Å². The Morgan fingerprint density at radius 2 is 1.85 bits per heavy atom. The van der Waals surface area contributed by atoms with Crippen LogP contribution in [-0.4, -0.2) is 35.6 Å². The number of esters is 1. The van der Waals surface area contributed by atoms with Crippen LogP contribution in [0.1, 0.15) is 10.4 Å². The smallest absolute Gasteiger partial charge is 0.387 e. The minimum Gasteiger partial charge on any atom is -0.452 e. The minimum atomic E-state index is -3.02. The number of amides is 1. The molecule has 0 saturated carbocycles. The van der Waals surface area contributed by atoms with Crippen LogP contribution in [0.5, 0.6) is 5.75 Å². The molecule has 1 unspecified atom stereocenters. The summed E-state index contributed by atoms with van der Waals surface area (Å²) in [6, 6.07) is 9.65. The molecule has 27 heavy (non-hydrogen) atoms. The van der Waals surface area contributed by atoms with Gasteiger partial charge in [-0.15, -0.1) is 0 Å². The summed E-state index contributed by atoms with van der Waals surface area (Å²) in [5.41, 5.74) is 0.422. The molecule has 0 aliphatic rings. The SMILES string of the molecule is CS(=O)c1ccc(C(=O)OCC(=O)Nc2ccc(OC(F)F)c(Cl)c2)cc1. The lowest BCUT2D eigenvalue weighted by molar-refractivity contribution is -0.119. The molecule has 10 heteroatoms. The number of carbonyl (C=O) groups excluding carboxylic acids is 2. The van der Waals surface area contributed by atoms with Crippen LogP contribution < -0.4 is 10.1 Å². The van der Waals surface area contributed by atoms with Crippen LogP contribution in [-0.2, 0) is 20.3 Å². The Labute approximate surface area is 160 Å². The maximum Gasteiger partial charge on any atom is 0.387 e. The molecule has 0 aromatic heterocycles. The second kappa shape index (κ2) is 9.43. The van der Waals surface area contributed by atoms with Crippen molar-refractivity contribution in [3.8, 4) is 5.75 Å². The van der Waals surface area contributed by atoms with Crippen LogP contribution in [0, 0.1) is 0 Å². The van der Waals surface area contributed by atoms with Gasteiger partial charge in [-0.3, -0.25) is 9.00 Å². The molecule has 2 rings (SSSR count). The first-order chi connectivity index (χ1) is 12.8. The lowest BCUT2D eigenvalue weighted by Crippen LogP contribution is -2.21. The summed E-state index contributed by atoms with van der Waals surface area (Å²) in [4.78, 5) is 24.3. The maximum atomic E-state index is 12.2. The number of carbonyl (C=O) groups is 2. The highest BCUT2D eigenvalue weighted by atomic mass is 35.5. The summed E-state index contributed by atoms with van der Waals surface area (Å²) in [7, 11) is -1.17. The summed E-state index contributed by atoms with van der Waals surface area (Å²) in [5, 5.41) is 2.30. The molecule has 1 N–H and O–H groups in total. The molecule has 0 aliphatic carbocycles. The third-order valence-electron chi connectivity index (χ3n) is 3.19. The van der Waals surface area contributed by atoms with E-state index in [0.29, 0.717) is 4.90 Å². The van der Waals surface area contributed by atoms with Gasteiger partial charge in [-0.05, 0) is 42.5 Å². The van der Waals surface area contributed by atoms with E-state index in [4.69, 9.17) is 16.3 Å². The van der Waals surface area contributed by atoms with Crippen molar-refractivity contribution < 1.29 is 32.1 Å². The number of rotatable bonds is 7. The van der Waals surface area contributed by atoms with Crippen LogP contribution >= 0.6 is 11.6 Å². The van der Waals surface area contributed by atoms with Crippen molar-refractivity contribution in [3.63, 3.8) is 0 Å². The molecule has 2 aromatic rings. The number of hydrogen-bond acceptors (Lipinski definition) is 5. The van der Waals surface area contributed by atoms with E-state index < -0.39 is 35.9 Å². The number of anilines is 1. The van der Waals surface area contributed by atoms with Gasteiger partial charge < -0.3 is 14.8 Å². The molecule has 6 nitrogen and oxygen atoms in total. The fourth-order valence-electron chi connectivity index (χ4n) is 1.96. The molecular formula is C17H14ClF2NO5S. The topological polar surface area (TPSA) is 81.7 Å². The first kappa shape index (κ1) is 20.8. The number of hydrogen-bond donors (Lipinski definition) is 1. The van der Waals surface area contributed by atoms with E-state index in [-0.39, 0.29) is 22.0 Å². The average molecular weight is 418 g/mol. The Balaban J connectivity index is 1.89. The van der Waals surface area contributed by atoms with Crippen molar-refractivity contribution >= 4 is 40.0 Å². The second-order valence-corrected chi connectivity index (χ2v) is 6.91. The van der Waals surface area contributed by atoms with E-state index in [0.717, 1.165) is 0 Å². The summed E-state index contributed by atoms with van der Waals surface area (Å²) in [6.45, 7) is -3.58. The van der Waals surface area contributed by atoms with Gasteiger partial charge in [0.05, 0.1) is 10.6 Å². The first-order valence-electron chi connectivity index (χ1n) is 7.41. The highest BCUT2D eigenvalue weighted by Crippen LogP contribution is 2.28. The van der Waals surface area contributed by atoms with Gasteiger partial charge in [0, 0.05) is 27.6 Å². The van der Waals surface area contributed by atoms with Crippen molar-refractivity contribution in [2.24, 2.45) is 0 Å². The van der Waals surface area contributed by atoms with Crippen LogP contribution in [0.4, 0.5) is 14.5 Å². The number of nitrogens with one attached hydrogen (secondary N) is 1. The summed E-state index contributed by atoms with van der Waals surface area (Å²) < 4.78 is 44.7. The van der Waals surface area contributed by atoms with Crippen LogP contribution in [0.15, 0.2) is 47.4 Å². The molecule has 0 aliphatic heterocycles. The van der Waals surface area contributed by atoms with Gasteiger partial charge >= 0.3 is 12.6 Å². The zero-order valence-electron chi connectivity index (χ0n) is 13.9. The molecule has 0 heterocycles. The van der Waals surface area contributed by atoms with Crippen molar-refractivity contribution in [3.05, 3.63) is 53.1 Å². The minimum absolute atomic E-state index is 0.113. The molecule has 0 radical (unpaired) electrons. The Kier molecular flexibility index (Phi) is 7.26. The molecule has 2 aromatic carbocycles. The zero-order valence-corrected chi connectivity index (χ0v) is 15.5. The number of halogens is 3. The van der Waals surface area contributed by atoms with E-state index >= 15 is 0 Å². The summed E-state index contributed by atoms with van der Waals surface area (Å²) in [6.07, 6.45) is 1.51. The van der Waals surface area contributed by atoms with Crippen molar-refractivity contribution in [1.82, 2.24) is 0 Å². The quantitative estimate of drug-likeness (QED) is 0.697. The Morgan fingerprint density at radius 1 is 1.19 bits per heavy atom. The zero-order chi connectivity index (χ0) is 20.0. The van der Waals surface area contributed by atoms with E-state index in [9.17, 15) is 22.6 Å². The van der Waals surface area contributed by atoms with Crippen molar-refractivity contribution in [2.45, 2.75) is 11.5 Å². The number of ether oxygens (including phenoxy) is 2. The highest BCUT2D eigenvalue weighted by molar-refractivity contribution is 7.84. The molecule has 0 bridgehead atoms. The third-order valence-corrected chi connectivity index (χ3v) is 4.42.